The van der Waals surface area contributed by atoms with Crippen LogP contribution in [0.3, 0.4) is 0 Å². The van der Waals surface area contributed by atoms with E-state index in [0.29, 0.717) is 17.1 Å². The highest BCUT2D eigenvalue weighted by Gasteiger charge is 2.19. The van der Waals surface area contributed by atoms with E-state index in [9.17, 15) is 9.59 Å². The van der Waals surface area contributed by atoms with Crippen molar-refractivity contribution in [3.05, 3.63) is 23.8 Å². The molecule has 0 aliphatic rings. The van der Waals surface area contributed by atoms with E-state index in [1.807, 2.05) is 0 Å². The van der Waals surface area contributed by atoms with Gasteiger partial charge in [0.1, 0.15) is 0 Å². The summed E-state index contributed by atoms with van der Waals surface area (Å²) in [5, 5.41) is 8.61. The van der Waals surface area contributed by atoms with E-state index in [4.69, 9.17) is 14.6 Å². The normalized spacial score (nSPS) is 9.84. The van der Waals surface area contributed by atoms with Gasteiger partial charge in [-0.1, -0.05) is 6.07 Å². The number of carbonyl (C=O) groups excluding carboxylic acids is 1. The van der Waals surface area contributed by atoms with Gasteiger partial charge in [-0.2, -0.15) is 0 Å². The molecule has 0 aromatic heterocycles. The summed E-state index contributed by atoms with van der Waals surface area (Å²) in [5.41, 5.74) is 0.342. The van der Waals surface area contributed by atoms with E-state index >= 15 is 0 Å². The molecule has 19 heavy (non-hydrogen) atoms. The molecule has 0 atom stereocenters. The molecule has 0 saturated carbocycles. The molecule has 1 N–H and O–H groups in total. The highest BCUT2D eigenvalue weighted by molar-refractivity contribution is 5.97. The van der Waals surface area contributed by atoms with Gasteiger partial charge in [-0.25, -0.2) is 0 Å². The quantitative estimate of drug-likeness (QED) is 0.839. The van der Waals surface area contributed by atoms with Crippen LogP contribution >= 0.6 is 0 Å². The third kappa shape index (κ3) is 3.61. The molecule has 104 valence electrons. The lowest BCUT2D eigenvalue weighted by molar-refractivity contribution is -0.137. The van der Waals surface area contributed by atoms with Gasteiger partial charge in [0.2, 0.25) is 0 Å². The van der Waals surface area contributed by atoms with Gasteiger partial charge in [-0.3, -0.25) is 9.59 Å². The highest BCUT2D eigenvalue weighted by atomic mass is 16.5. The number of carbonyl (C=O) groups is 2. The van der Waals surface area contributed by atoms with Gasteiger partial charge in [0.05, 0.1) is 26.2 Å². The summed E-state index contributed by atoms with van der Waals surface area (Å²) in [7, 11) is 4.48. The zero-order chi connectivity index (χ0) is 14.4. The Hall–Kier alpha value is -2.24. The summed E-state index contributed by atoms with van der Waals surface area (Å²) in [6, 6.07) is 4.98. The first-order chi connectivity index (χ1) is 9.01. The Kier molecular flexibility index (Phi) is 5.17. The number of hydrogen-bond donors (Lipinski definition) is 1. The zero-order valence-corrected chi connectivity index (χ0v) is 11.2. The number of carboxylic acid groups (broad SMARTS) is 1. The Bertz CT molecular complexity index is 472. The monoisotopic (exact) mass is 267 g/mol. The van der Waals surface area contributed by atoms with Crippen LogP contribution in [0.2, 0.25) is 0 Å². The number of aliphatic carboxylic acids is 1. The number of carboxylic acids is 1. The number of methoxy groups -OCH3 is 2. The van der Waals surface area contributed by atoms with Crippen molar-refractivity contribution >= 4 is 11.9 Å². The molecule has 0 aliphatic carbocycles. The maximum atomic E-state index is 12.2. The summed E-state index contributed by atoms with van der Waals surface area (Å²) in [4.78, 5) is 24.0. The van der Waals surface area contributed by atoms with Gasteiger partial charge in [0, 0.05) is 13.6 Å². The molecule has 0 bridgehead atoms. The molecule has 0 unspecified atom stereocenters. The van der Waals surface area contributed by atoms with E-state index in [1.165, 1.54) is 19.1 Å². The molecule has 0 radical (unpaired) electrons. The maximum absolute atomic E-state index is 12.2. The first-order valence-corrected chi connectivity index (χ1v) is 5.69. The van der Waals surface area contributed by atoms with Crippen molar-refractivity contribution in [3.63, 3.8) is 0 Å². The summed E-state index contributed by atoms with van der Waals surface area (Å²) >= 11 is 0. The fraction of sp³-hybridized carbons (Fsp3) is 0.385. The van der Waals surface area contributed by atoms with E-state index in [1.54, 1.807) is 25.2 Å². The second kappa shape index (κ2) is 6.63. The molecule has 1 amide bonds. The van der Waals surface area contributed by atoms with E-state index in [-0.39, 0.29) is 18.9 Å². The molecule has 1 aromatic carbocycles. The second-order valence-electron chi connectivity index (χ2n) is 3.91. The maximum Gasteiger partial charge on any atom is 0.305 e. The molecule has 6 nitrogen and oxygen atoms in total. The zero-order valence-electron chi connectivity index (χ0n) is 11.2. The molecular weight excluding hydrogens is 250 g/mol. The fourth-order valence-corrected chi connectivity index (χ4v) is 1.63. The molecule has 0 fully saturated rings. The van der Waals surface area contributed by atoms with Crippen molar-refractivity contribution in [3.8, 4) is 11.5 Å². The lowest BCUT2D eigenvalue weighted by Crippen LogP contribution is -2.29. The van der Waals surface area contributed by atoms with Gasteiger partial charge in [0.15, 0.2) is 11.5 Å². The van der Waals surface area contributed by atoms with Crippen LogP contribution < -0.4 is 9.47 Å². The van der Waals surface area contributed by atoms with Crippen LogP contribution in [0.1, 0.15) is 16.8 Å². The van der Waals surface area contributed by atoms with Crippen LogP contribution in [-0.4, -0.2) is 49.7 Å². The molecular formula is C13H17NO5. The third-order valence-electron chi connectivity index (χ3n) is 2.64. The molecule has 0 aliphatic heterocycles. The number of para-hydroxylation sites is 1. The number of rotatable bonds is 6. The van der Waals surface area contributed by atoms with Gasteiger partial charge in [-0.05, 0) is 12.1 Å². The minimum atomic E-state index is -0.947. The average Bonchev–Trinajstić information content (AvgIpc) is 2.42. The van der Waals surface area contributed by atoms with Crippen molar-refractivity contribution < 1.29 is 24.2 Å². The molecule has 1 rings (SSSR count). The molecule has 0 heterocycles. The summed E-state index contributed by atoms with van der Waals surface area (Å²) < 4.78 is 10.3. The van der Waals surface area contributed by atoms with Gasteiger partial charge < -0.3 is 19.5 Å². The Labute approximate surface area is 111 Å². The smallest absolute Gasteiger partial charge is 0.305 e. The van der Waals surface area contributed by atoms with Crippen molar-refractivity contribution in [2.45, 2.75) is 6.42 Å². The lowest BCUT2D eigenvalue weighted by Gasteiger charge is -2.18. The van der Waals surface area contributed by atoms with Crippen LogP contribution in [0.25, 0.3) is 0 Å². The molecule has 0 spiro atoms. The summed E-state index contributed by atoms with van der Waals surface area (Å²) in [6.45, 7) is 0.133. The Morgan fingerprint density at radius 2 is 1.95 bits per heavy atom. The fourth-order valence-electron chi connectivity index (χ4n) is 1.63. The van der Waals surface area contributed by atoms with Crippen molar-refractivity contribution in [1.82, 2.24) is 4.90 Å². The Balaban J connectivity index is 2.95. The predicted molar refractivity (Wildman–Crippen MR) is 68.8 cm³/mol. The van der Waals surface area contributed by atoms with Crippen LogP contribution in [-0.2, 0) is 4.79 Å². The third-order valence-corrected chi connectivity index (χ3v) is 2.64. The summed E-state index contributed by atoms with van der Waals surface area (Å²) in [5.74, 6) is -0.452. The lowest BCUT2D eigenvalue weighted by atomic mass is 10.1. The number of benzene rings is 1. The first-order valence-electron chi connectivity index (χ1n) is 5.69. The van der Waals surface area contributed by atoms with Gasteiger partial charge in [-0.15, -0.1) is 0 Å². The average molecular weight is 267 g/mol. The van der Waals surface area contributed by atoms with E-state index in [0.717, 1.165) is 0 Å². The molecule has 6 heteroatoms. The van der Waals surface area contributed by atoms with Crippen LogP contribution in [0.15, 0.2) is 18.2 Å². The van der Waals surface area contributed by atoms with Crippen LogP contribution in [0, 0.1) is 0 Å². The van der Waals surface area contributed by atoms with E-state index < -0.39 is 5.97 Å². The first kappa shape index (κ1) is 14.8. The van der Waals surface area contributed by atoms with Crippen molar-refractivity contribution in [2.24, 2.45) is 0 Å². The second-order valence-corrected chi connectivity index (χ2v) is 3.91. The predicted octanol–water partition coefficient (Wildman–Crippen LogP) is 1.25. The van der Waals surface area contributed by atoms with Gasteiger partial charge in [0.25, 0.3) is 5.91 Å². The Morgan fingerprint density at radius 3 is 2.47 bits per heavy atom. The van der Waals surface area contributed by atoms with E-state index in [2.05, 4.69) is 0 Å². The minimum Gasteiger partial charge on any atom is -0.493 e. The topological polar surface area (TPSA) is 76.1 Å². The minimum absolute atomic E-state index is 0.103. The number of ether oxygens (including phenoxy) is 2. The number of nitrogens with zero attached hydrogens (tertiary/aromatic N) is 1. The molecule has 1 aromatic rings. The largest absolute Gasteiger partial charge is 0.493 e. The SMILES string of the molecule is COc1cccc(C(=O)N(C)CCC(=O)O)c1OC. The Morgan fingerprint density at radius 1 is 1.26 bits per heavy atom. The number of amides is 1. The summed E-state index contributed by atoms with van der Waals surface area (Å²) in [6.07, 6.45) is -0.103. The molecule has 0 saturated heterocycles. The van der Waals surface area contributed by atoms with Crippen LogP contribution in [0.5, 0.6) is 11.5 Å². The van der Waals surface area contributed by atoms with Crippen molar-refractivity contribution in [2.75, 3.05) is 27.8 Å². The van der Waals surface area contributed by atoms with Gasteiger partial charge >= 0.3 is 5.97 Å². The standard InChI is InChI=1S/C13H17NO5/c1-14(8-7-11(15)16)13(17)9-5-4-6-10(18-2)12(9)19-3/h4-6H,7-8H2,1-3H3,(H,15,16). The van der Waals surface area contributed by atoms with Crippen molar-refractivity contribution in [1.29, 1.82) is 0 Å². The number of hydrogen-bond acceptors (Lipinski definition) is 4. The highest BCUT2D eigenvalue weighted by Crippen LogP contribution is 2.31. The van der Waals surface area contributed by atoms with Crippen LogP contribution in [0.4, 0.5) is 0 Å².